The van der Waals surface area contributed by atoms with E-state index < -0.39 is 12.1 Å². The van der Waals surface area contributed by atoms with Crippen molar-refractivity contribution in [2.75, 3.05) is 6.54 Å². The topological polar surface area (TPSA) is 70.6 Å². The molecule has 0 fully saturated rings. The summed E-state index contributed by atoms with van der Waals surface area (Å²) in [6.45, 7) is 0.429. The minimum Gasteiger partial charge on any atom is -0.387 e. The van der Waals surface area contributed by atoms with Gasteiger partial charge in [0.1, 0.15) is 0 Å². The van der Waals surface area contributed by atoms with Crippen molar-refractivity contribution in [3.63, 3.8) is 0 Å². The van der Waals surface area contributed by atoms with Crippen LogP contribution in [0.1, 0.15) is 17.2 Å². The molecule has 3 N–H and O–H groups in total. The summed E-state index contributed by atoms with van der Waals surface area (Å²) in [6.07, 6.45) is -0.707. The fraction of sp³-hybridized carbons (Fsp3) is 0.214. The van der Waals surface area contributed by atoms with Gasteiger partial charge in [-0.3, -0.25) is 4.84 Å². The summed E-state index contributed by atoms with van der Waals surface area (Å²) in [5.41, 5.74) is 4.03. The van der Waals surface area contributed by atoms with Crippen molar-refractivity contribution in [3.05, 3.63) is 58.3 Å². The van der Waals surface area contributed by atoms with Crippen molar-refractivity contribution in [1.82, 2.24) is 10.8 Å². The maximum atomic E-state index is 11.5. The number of urea groups is 1. The lowest BCUT2D eigenvalue weighted by molar-refractivity contribution is 0.0477. The van der Waals surface area contributed by atoms with Gasteiger partial charge in [-0.25, -0.2) is 10.3 Å². The first-order valence-corrected chi connectivity index (χ1v) is 7.09. The van der Waals surface area contributed by atoms with Gasteiger partial charge in [-0.1, -0.05) is 30.3 Å². The number of carbonyl (C=O) groups is 1. The van der Waals surface area contributed by atoms with Crippen LogP contribution in [0.4, 0.5) is 4.79 Å². The van der Waals surface area contributed by atoms with Gasteiger partial charge in [-0.2, -0.15) is 11.3 Å². The van der Waals surface area contributed by atoms with Gasteiger partial charge >= 0.3 is 6.03 Å². The first-order chi connectivity index (χ1) is 9.75. The van der Waals surface area contributed by atoms with E-state index in [-0.39, 0.29) is 6.54 Å². The average molecular weight is 292 g/mol. The first-order valence-electron chi connectivity index (χ1n) is 6.15. The summed E-state index contributed by atoms with van der Waals surface area (Å²) >= 11 is 1.50. The van der Waals surface area contributed by atoms with E-state index in [1.54, 1.807) is 0 Å². The van der Waals surface area contributed by atoms with E-state index in [1.165, 1.54) is 11.3 Å². The van der Waals surface area contributed by atoms with E-state index in [1.807, 2.05) is 47.2 Å². The molecule has 5 nitrogen and oxygen atoms in total. The largest absolute Gasteiger partial charge is 0.387 e. The highest BCUT2D eigenvalue weighted by atomic mass is 32.1. The van der Waals surface area contributed by atoms with Crippen LogP contribution in [0.25, 0.3) is 0 Å². The number of amides is 2. The first kappa shape index (κ1) is 14.5. The van der Waals surface area contributed by atoms with Gasteiger partial charge in [-0.05, 0) is 28.0 Å². The lowest BCUT2D eigenvalue weighted by Crippen LogP contribution is -2.37. The molecule has 20 heavy (non-hydrogen) atoms. The number of aliphatic hydroxyl groups excluding tert-OH is 1. The predicted octanol–water partition coefficient (Wildman–Crippen LogP) is 2.21. The number of nitrogens with one attached hydrogen (secondary N) is 2. The van der Waals surface area contributed by atoms with Crippen LogP contribution in [0.15, 0.2) is 47.2 Å². The fourth-order valence-corrected chi connectivity index (χ4v) is 2.27. The molecule has 1 atom stereocenters. The van der Waals surface area contributed by atoms with E-state index in [2.05, 4.69) is 10.8 Å². The SMILES string of the molecule is O=C(NCC(O)c1ccsc1)NOCc1ccccc1. The highest BCUT2D eigenvalue weighted by Crippen LogP contribution is 2.14. The molecular formula is C14H16N2O3S. The van der Waals surface area contributed by atoms with Crippen molar-refractivity contribution in [2.24, 2.45) is 0 Å². The highest BCUT2D eigenvalue weighted by molar-refractivity contribution is 7.07. The Morgan fingerprint density at radius 1 is 1.30 bits per heavy atom. The van der Waals surface area contributed by atoms with E-state index in [4.69, 9.17) is 4.84 Å². The summed E-state index contributed by atoms with van der Waals surface area (Å²) in [4.78, 5) is 16.5. The molecule has 6 heteroatoms. The van der Waals surface area contributed by atoms with Crippen LogP contribution in [-0.4, -0.2) is 17.7 Å². The standard InChI is InChI=1S/C14H16N2O3S/c17-13(12-6-7-20-10-12)8-15-14(18)16-19-9-11-4-2-1-3-5-11/h1-7,10,13,17H,8-9H2,(H2,15,16,18). The van der Waals surface area contributed by atoms with Crippen molar-refractivity contribution in [3.8, 4) is 0 Å². The minimum absolute atomic E-state index is 0.136. The van der Waals surface area contributed by atoms with Crippen LogP contribution >= 0.6 is 11.3 Å². The van der Waals surface area contributed by atoms with Crippen LogP contribution in [-0.2, 0) is 11.4 Å². The Hall–Kier alpha value is -1.89. The highest BCUT2D eigenvalue weighted by Gasteiger charge is 2.09. The van der Waals surface area contributed by atoms with E-state index in [0.29, 0.717) is 6.61 Å². The van der Waals surface area contributed by atoms with Gasteiger partial charge < -0.3 is 10.4 Å². The van der Waals surface area contributed by atoms with Crippen LogP contribution in [0.2, 0.25) is 0 Å². The zero-order valence-electron chi connectivity index (χ0n) is 10.8. The molecule has 2 rings (SSSR count). The number of hydrogen-bond acceptors (Lipinski definition) is 4. The second-order valence-corrected chi connectivity index (χ2v) is 4.94. The molecule has 0 saturated heterocycles. The van der Waals surface area contributed by atoms with Gasteiger partial charge in [0.05, 0.1) is 12.7 Å². The molecular weight excluding hydrogens is 276 g/mol. The summed E-state index contributed by atoms with van der Waals surface area (Å²) in [6, 6.07) is 10.9. The quantitative estimate of drug-likeness (QED) is 0.715. The Balaban J connectivity index is 1.63. The Morgan fingerprint density at radius 2 is 2.10 bits per heavy atom. The molecule has 0 saturated carbocycles. The molecule has 1 heterocycles. The van der Waals surface area contributed by atoms with Gasteiger partial charge in [0.2, 0.25) is 0 Å². The second kappa shape index (κ2) is 7.64. The number of aliphatic hydroxyl groups is 1. The van der Waals surface area contributed by atoms with Gasteiger partial charge in [0.15, 0.2) is 0 Å². The second-order valence-electron chi connectivity index (χ2n) is 4.16. The van der Waals surface area contributed by atoms with Crippen molar-refractivity contribution >= 4 is 17.4 Å². The molecule has 0 aliphatic carbocycles. The minimum atomic E-state index is -0.707. The molecule has 1 aromatic carbocycles. The Kier molecular flexibility index (Phi) is 5.55. The molecule has 106 valence electrons. The molecule has 1 aromatic heterocycles. The Morgan fingerprint density at radius 3 is 2.80 bits per heavy atom. The molecule has 0 radical (unpaired) electrons. The third kappa shape index (κ3) is 4.65. The van der Waals surface area contributed by atoms with Gasteiger partial charge in [-0.15, -0.1) is 0 Å². The Labute approximate surface area is 121 Å². The summed E-state index contributed by atoms with van der Waals surface area (Å²) in [5, 5.41) is 16.0. The number of rotatable bonds is 6. The van der Waals surface area contributed by atoms with Crippen LogP contribution in [0.5, 0.6) is 0 Å². The Bertz CT molecular complexity index is 516. The molecule has 2 amide bonds. The maximum absolute atomic E-state index is 11.5. The van der Waals surface area contributed by atoms with Crippen molar-refractivity contribution in [2.45, 2.75) is 12.7 Å². The monoisotopic (exact) mass is 292 g/mol. The summed E-state index contributed by atoms with van der Waals surface area (Å²) in [5.74, 6) is 0. The third-order valence-corrected chi connectivity index (χ3v) is 3.33. The van der Waals surface area contributed by atoms with Crippen LogP contribution in [0, 0.1) is 0 Å². The van der Waals surface area contributed by atoms with Gasteiger partial charge in [0, 0.05) is 6.54 Å². The molecule has 1 unspecified atom stereocenters. The van der Waals surface area contributed by atoms with Crippen molar-refractivity contribution < 1.29 is 14.7 Å². The molecule has 2 aromatic rings. The van der Waals surface area contributed by atoms with Crippen LogP contribution < -0.4 is 10.8 Å². The van der Waals surface area contributed by atoms with E-state index in [9.17, 15) is 9.90 Å². The lowest BCUT2D eigenvalue weighted by atomic mass is 10.2. The molecule has 0 aliphatic rings. The molecule has 0 aliphatic heterocycles. The van der Waals surface area contributed by atoms with E-state index in [0.717, 1.165) is 11.1 Å². The number of benzene rings is 1. The van der Waals surface area contributed by atoms with Crippen molar-refractivity contribution in [1.29, 1.82) is 0 Å². The molecule has 0 spiro atoms. The lowest BCUT2D eigenvalue weighted by Gasteiger charge is -2.11. The predicted molar refractivity (Wildman–Crippen MR) is 77.0 cm³/mol. The van der Waals surface area contributed by atoms with E-state index >= 15 is 0 Å². The average Bonchev–Trinajstić information content (AvgIpc) is 3.00. The van der Waals surface area contributed by atoms with Gasteiger partial charge in [0.25, 0.3) is 0 Å². The maximum Gasteiger partial charge on any atom is 0.338 e. The molecule has 0 bridgehead atoms. The summed E-state index contributed by atoms with van der Waals surface area (Å²) < 4.78 is 0. The number of hydroxylamine groups is 1. The third-order valence-electron chi connectivity index (χ3n) is 2.63. The number of thiophene rings is 1. The normalized spacial score (nSPS) is 11.8. The smallest absolute Gasteiger partial charge is 0.338 e. The number of carbonyl (C=O) groups excluding carboxylic acids is 1. The number of hydrogen-bond donors (Lipinski definition) is 3. The van der Waals surface area contributed by atoms with Crippen LogP contribution in [0.3, 0.4) is 0 Å². The zero-order valence-corrected chi connectivity index (χ0v) is 11.6. The zero-order chi connectivity index (χ0) is 14.2. The summed E-state index contributed by atoms with van der Waals surface area (Å²) in [7, 11) is 0. The fourth-order valence-electron chi connectivity index (χ4n) is 1.57.